The summed E-state index contributed by atoms with van der Waals surface area (Å²) in [5.74, 6) is -1.41. The fourth-order valence-corrected chi connectivity index (χ4v) is 10.2. The Kier molecular flexibility index (Phi) is 15.0. The van der Waals surface area contributed by atoms with Crippen LogP contribution >= 0.6 is 46.7 Å². The van der Waals surface area contributed by atoms with E-state index < -0.39 is 11.9 Å². The summed E-state index contributed by atoms with van der Waals surface area (Å²) in [6.45, 7) is 1.98. The van der Waals surface area contributed by atoms with Gasteiger partial charge in [0.15, 0.2) is 0 Å². The molecule has 2 saturated heterocycles. The van der Waals surface area contributed by atoms with Crippen LogP contribution in [-0.2, 0) is 28.7 Å². The molecule has 0 radical (unpaired) electrons. The molecule has 316 valence electrons. The lowest BCUT2D eigenvalue weighted by Crippen LogP contribution is -2.45. The number of carbonyl (C=O) groups excluding carboxylic acids is 2. The van der Waals surface area contributed by atoms with Crippen molar-refractivity contribution in [1.29, 1.82) is 0 Å². The largest absolute Gasteiger partial charge is 0.374 e. The van der Waals surface area contributed by atoms with Crippen LogP contribution in [0.15, 0.2) is 168 Å². The summed E-state index contributed by atoms with van der Waals surface area (Å²) in [5.41, 5.74) is 5.90. The van der Waals surface area contributed by atoms with Crippen molar-refractivity contribution < 1.29 is 28.7 Å². The molecule has 2 fully saturated rings. The number of rotatable bonds is 14. The smallest absolute Gasteiger partial charge is 0.349 e. The summed E-state index contributed by atoms with van der Waals surface area (Å²) in [7, 11) is 0. The van der Waals surface area contributed by atoms with Gasteiger partial charge in [0.25, 0.3) is 0 Å². The van der Waals surface area contributed by atoms with E-state index in [0.29, 0.717) is 49.4 Å². The molecule has 2 aliphatic heterocycles. The summed E-state index contributed by atoms with van der Waals surface area (Å²) in [5, 5.41) is 5.68. The van der Waals surface area contributed by atoms with Gasteiger partial charge in [-0.2, -0.15) is 0 Å². The normalized spacial score (nSPS) is 18.2. The van der Waals surface area contributed by atoms with Crippen molar-refractivity contribution in [1.82, 2.24) is 20.1 Å². The van der Waals surface area contributed by atoms with Crippen molar-refractivity contribution in [3.05, 3.63) is 179 Å². The Morgan fingerprint density at radius 1 is 0.597 bits per heavy atom. The zero-order chi connectivity index (χ0) is 42.7. The van der Waals surface area contributed by atoms with Gasteiger partial charge in [-0.1, -0.05) is 144 Å². The molecule has 0 N–H and O–H groups in total. The van der Waals surface area contributed by atoms with Gasteiger partial charge in [-0.25, -0.2) is 19.6 Å². The maximum absolute atomic E-state index is 13.1. The Labute approximate surface area is 379 Å². The summed E-state index contributed by atoms with van der Waals surface area (Å²) >= 11 is 15.9. The molecule has 2 aromatic heterocycles. The molecule has 4 aromatic carbocycles. The van der Waals surface area contributed by atoms with Crippen LogP contribution in [0.1, 0.15) is 21.6 Å². The zero-order valence-electron chi connectivity index (χ0n) is 33.4. The number of thioether (sulfide) groups is 2. The third-order valence-electron chi connectivity index (χ3n) is 10.1. The molecule has 0 amide bonds. The molecule has 10 nitrogen and oxygen atoms in total. The van der Waals surface area contributed by atoms with Crippen molar-refractivity contribution >= 4 is 58.7 Å². The molecular weight excluding hydrogens is 864 g/mol. The van der Waals surface area contributed by atoms with Crippen LogP contribution in [0, 0.1) is 0 Å². The van der Waals surface area contributed by atoms with Crippen LogP contribution in [0.4, 0.5) is 0 Å². The molecule has 0 saturated carbocycles. The fourth-order valence-electron chi connectivity index (χ4n) is 7.25. The first-order valence-corrected chi connectivity index (χ1v) is 22.6. The van der Waals surface area contributed by atoms with Gasteiger partial charge in [-0.05, 0) is 58.7 Å². The van der Waals surface area contributed by atoms with Gasteiger partial charge in [0.05, 0.1) is 62.1 Å². The number of nitrogens with zero attached hydrogens (tertiary/aromatic N) is 4. The number of hydrogen-bond donors (Lipinski definition) is 0. The number of hydrogen-bond acceptors (Lipinski definition) is 12. The summed E-state index contributed by atoms with van der Waals surface area (Å²) in [4.78, 5) is 47.2. The van der Waals surface area contributed by atoms with Crippen LogP contribution in [0.2, 0.25) is 10.0 Å². The van der Waals surface area contributed by atoms with Gasteiger partial charge in [0.2, 0.25) is 0 Å². The second-order valence-electron chi connectivity index (χ2n) is 14.4. The van der Waals surface area contributed by atoms with Crippen molar-refractivity contribution in [2.24, 2.45) is 0 Å². The van der Waals surface area contributed by atoms with E-state index in [1.165, 1.54) is 0 Å². The number of ether oxygens (including phenoxy) is 2. The van der Waals surface area contributed by atoms with E-state index in [0.717, 1.165) is 55.6 Å². The van der Waals surface area contributed by atoms with Crippen molar-refractivity contribution in [2.75, 3.05) is 39.4 Å². The minimum absolute atomic E-state index is 0.192. The lowest BCUT2D eigenvalue weighted by Gasteiger charge is -2.35. The van der Waals surface area contributed by atoms with E-state index in [1.807, 2.05) is 109 Å². The van der Waals surface area contributed by atoms with E-state index in [4.69, 9.17) is 52.3 Å². The van der Waals surface area contributed by atoms with Gasteiger partial charge in [-0.15, -0.1) is 10.1 Å². The van der Waals surface area contributed by atoms with E-state index in [1.54, 1.807) is 46.0 Å². The predicted octanol–water partition coefficient (Wildman–Crippen LogP) is 10.4. The number of pyridine rings is 2. The Morgan fingerprint density at radius 3 is 1.45 bits per heavy atom. The fraction of sp³-hybridized carbons (Fsp3) is 0.208. The van der Waals surface area contributed by atoms with E-state index >= 15 is 0 Å². The van der Waals surface area contributed by atoms with E-state index in [9.17, 15) is 9.59 Å². The van der Waals surface area contributed by atoms with Gasteiger partial charge in [0.1, 0.15) is 10.1 Å². The summed E-state index contributed by atoms with van der Waals surface area (Å²) in [6, 6.07) is 43.3. The highest BCUT2D eigenvalue weighted by Crippen LogP contribution is 2.44. The molecule has 8 rings (SSSR count). The average Bonchev–Trinajstić information content (AvgIpc) is 3.30. The second kappa shape index (κ2) is 21.4. The van der Waals surface area contributed by atoms with Crippen LogP contribution in [0.5, 0.6) is 0 Å². The topological polar surface area (TPSA) is 103 Å². The molecule has 0 bridgehead atoms. The molecule has 4 heterocycles. The molecule has 14 heteroatoms. The zero-order valence-corrected chi connectivity index (χ0v) is 36.5. The maximum atomic E-state index is 13.1. The van der Waals surface area contributed by atoms with Gasteiger partial charge < -0.3 is 19.1 Å². The van der Waals surface area contributed by atoms with Crippen LogP contribution in [0.25, 0.3) is 22.3 Å². The van der Waals surface area contributed by atoms with E-state index in [2.05, 4.69) is 24.3 Å². The molecular formula is C48H42Cl2N4O6S2. The predicted molar refractivity (Wildman–Crippen MR) is 243 cm³/mol. The lowest BCUT2D eigenvalue weighted by molar-refractivity contribution is -0.212. The average molecular weight is 906 g/mol. The minimum Gasteiger partial charge on any atom is -0.374 e. The van der Waals surface area contributed by atoms with Crippen molar-refractivity contribution in [3.8, 4) is 22.3 Å². The van der Waals surface area contributed by atoms with Gasteiger partial charge in [-0.3, -0.25) is 0 Å². The van der Waals surface area contributed by atoms with Gasteiger partial charge >= 0.3 is 11.9 Å². The maximum Gasteiger partial charge on any atom is 0.349 e. The number of hydroxylamine groups is 4. The SMILES string of the molecule is O=C(/C=C/C(=O)ON1CCO[C@H](C(Sc2ncccc2-c2cccc(Cl)c2)c2ccccc2)C1)ON1CCO[C@H](C(Sc2ncccc2-c2cccc(Cl)c2)c2ccccc2)C1. The lowest BCUT2D eigenvalue weighted by atomic mass is 10.1. The van der Waals surface area contributed by atoms with E-state index in [-0.39, 0.29) is 22.7 Å². The van der Waals surface area contributed by atoms with Crippen LogP contribution in [0.3, 0.4) is 0 Å². The third-order valence-corrected chi connectivity index (χ3v) is 13.4. The molecule has 6 aromatic rings. The molecule has 2 aliphatic rings. The highest BCUT2D eigenvalue weighted by atomic mass is 35.5. The summed E-state index contributed by atoms with van der Waals surface area (Å²) < 4.78 is 12.6. The molecule has 2 unspecified atom stereocenters. The van der Waals surface area contributed by atoms with Crippen molar-refractivity contribution in [2.45, 2.75) is 32.8 Å². The number of halogens is 2. The second-order valence-corrected chi connectivity index (χ2v) is 17.5. The third kappa shape index (κ3) is 11.5. The quantitative estimate of drug-likeness (QED) is 0.0768. The first kappa shape index (κ1) is 43.6. The summed E-state index contributed by atoms with van der Waals surface area (Å²) in [6.07, 6.45) is 4.99. The molecule has 0 aliphatic carbocycles. The standard InChI is InChI=1S/C48H42Cl2N4O6S2/c49-37-17-7-15-35(29-37)39-19-9-23-51-47(39)61-45(33-11-3-1-4-12-33)41-31-53(25-27-57-41)59-43(55)21-22-44(56)60-54-26-28-58-42(32-54)46(34-13-5-2-6-14-34)62-48-40(20-10-24-52-48)36-16-8-18-38(50)30-36/h1-24,29-30,41-42,45-46H,25-28,31-32H2/b22-21+/t41-,42-,45?,46?/m0/s1. The Hall–Kier alpha value is -5.02. The first-order chi connectivity index (χ1) is 30.4. The Morgan fingerprint density at radius 2 is 1.03 bits per heavy atom. The molecule has 62 heavy (non-hydrogen) atoms. The Balaban J connectivity index is 0.898. The number of morpholine rings is 2. The number of carbonyl (C=O) groups is 2. The first-order valence-electron chi connectivity index (χ1n) is 20.1. The van der Waals surface area contributed by atoms with Crippen molar-refractivity contribution in [3.63, 3.8) is 0 Å². The number of aromatic nitrogens is 2. The van der Waals surface area contributed by atoms with Crippen LogP contribution < -0.4 is 0 Å². The number of benzene rings is 4. The van der Waals surface area contributed by atoms with Gasteiger partial charge in [0, 0.05) is 45.7 Å². The highest BCUT2D eigenvalue weighted by Gasteiger charge is 2.34. The Bertz CT molecular complexity index is 2320. The molecule has 4 atom stereocenters. The minimum atomic E-state index is -0.703. The monoisotopic (exact) mass is 904 g/mol. The highest BCUT2D eigenvalue weighted by molar-refractivity contribution is 7.99. The van der Waals surface area contributed by atoms with Crippen LogP contribution in [-0.4, -0.2) is 83.6 Å². The molecule has 0 spiro atoms.